The minimum atomic E-state index is -0.943. The fourth-order valence-corrected chi connectivity index (χ4v) is 6.09. The van der Waals surface area contributed by atoms with Crippen LogP contribution in [0.1, 0.15) is 45.4 Å². The summed E-state index contributed by atoms with van der Waals surface area (Å²) in [5.41, 5.74) is -0.0103. The maximum absolute atomic E-state index is 11.6. The van der Waals surface area contributed by atoms with E-state index in [9.17, 15) is 14.7 Å². The molecule has 0 bridgehead atoms. The van der Waals surface area contributed by atoms with E-state index in [0.717, 1.165) is 44.1 Å². The first-order valence-corrected chi connectivity index (χ1v) is 8.75. The molecular weight excluding hydrogens is 292 g/mol. The van der Waals surface area contributed by atoms with Crippen molar-refractivity contribution >= 4 is 12.3 Å². The second kappa shape index (κ2) is 5.04. The molecule has 4 nitrogen and oxygen atoms in total. The summed E-state index contributed by atoms with van der Waals surface area (Å²) >= 11 is 0. The molecule has 0 aliphatic heterocycles. The zero-order chi connectivity index (χ0) is 16.2. The Morgan fingerprint density at radius 1 is 1.26 bits per heavy atom. The van der Waals surface area contributed by atoms with E-state index in [1.54, 1.807) is 12.2 Å². The third-order valence-corrected chi connectivity index (χ3v) is 7.21. The van der Waals surface area contributed by atoms with Crippen LogP contribution in [0.15, 0.2) is 23.8 Å². The second-order valence-corrected chi connectivity index (χ2v) is 7.99. The lowest BCUT2D eigenvalue weighted by Crippen LogP contribution is -2.54. The first-order valence-electron chi connectivity index (χ1n) is 8.75. The summed E-state index contributed by atoms with van der Waals surface area (Å²) < 4.78 is 5.39. The Bertz CT molecular complexity index is 606. The molecule has 0 aromatic carbocycles. The van der Waals surface area contributed by atoms with Gasteiger partial charge in [0.15, 0.2) is 5.78 Å². The highest BCUT2D eigenvalue weighted by atomic mass is 16.5. The van der Waals surface area contributed by atoms with Crippen LogP contribution in [-0.4, -0.2) is 29.1 Å². The Labute approximate surface area is 136 Å². The summed E-state index contributed by atoms with van der Waals surface area (Å²) in [6, 6.07) is 0. The topological polar surface area (TPSA) is 63.6 Å². The molecule has 0 saturated heterocycles. The third kappa shape index (κ3) is 2.00. The largest absolute Gasteiger partial charge is 0.464 e. The maximum atomic E-state index is 11.6. The molecule has 1 N–H and O–H groups in total. The van der Waals surface area contributed by atoms with Gasteiger partial charge in [0.1, 0.15) is 11.7 Å². The molecule has 4 aliphatic carbocycles. The monoisotopic (exact) mass is 316 g/mol. The smallest absolute Gasteiger partial charge is 0.293 e. The molecule has 0 aromatic heterocycles. The summed E-state index contributed by atoms with van der Waals surface area (Å²) in [7, 11) is 0. The number of carbonyl (C=O) groups is 2. The van der Waals surface area contributed by atoms with E-state index in [1.165, 1.54) is 6.08 Å². The number of hydrogen-bond acceptors (Lipinski definition) is 4. The number of rotatable bonds is 2. The fraction of sp³-hybridized carbons (Fsp3) is 0.684. The number of carbonyl (C=O) groups excluding carboxylic acids is 2. The Balaban J connectivity index is 1.66. The number of ether oxygens (including phenoxy) is 1. The van der Waals surface area contributed by atoms with E-state index in [-0.39, 0.29) is 23.2 Å². The number of fused-ring (bicyclic) bond motifs is 5. The van der Waals surface area contributed by atoms with Crippen LogP contribution < -0.4 is 0 Å². The summed E-state index contributed by atoms with van der Waals surface area (Å²) in [4.78, 5) is 22.5. The summed E-state index contributed by atoms with van der Waals surface area (Å²) in [5, 5.41) is 11.3. The predicted molar refractivity (Wildman–Crippen MR) is 84.4 cm³/mol. The molecule has 0 heterocycles. The van der Waals surface area contributed by atoms with Crippen molar-refractivity contribution in [2.75, 3.05) is 0 Å². The van der Waals surface area contributed by atoms with Crippen LogP contribution in [0.5, 0.6) is 0 Å². The van der Waals surface area contributed by atoms with Crippen molar-refractivity contribution in [2.24, 2.45) is 23.2 Å². The summed E-state index contributed by atoms with van der Waals surface area (Å²) in [5.74, 6) is 1.10. The summed E-state index contributed by atoms with van der Waals surface area (Å²) in [6.45, 7) is 2.85. The van der Waals surface area contributed by atoms with Gasteiger partial charge in [0, 0.05) is 5.41 Å². The molecule has 3 fully saturated rings. The van der Waals surface area contributed by atoms with Crippen molar-refractivity contribution in [3.8, 4) is 0 Å². The quantitative estimate of drug-likeness (QED) is 0.795. The maximum Gasteiger partial charge on any atom is 0.293 e. The fourth-order valence-electron chi connectivity index (χ4n) is 6.09. The zero-order valence-corrected chi connectivity index (χ0v) is 13.5. The van der Waals surface area contributed by atoms with Gasteiger partial charge in [-0.25, -0.2) is 0 Å². The lowest BCUT2D eigenvalue weighted by atomic mass is 9.51. The minimum absolute atomic E-state index is 0.0101. The van der Waals surface area contributed by atoms with Gasteiger partial charge >= 0.3 is 0 Å². The van der Waals surface area contributed by atoms with Gasteiger partial charge in [0.05, 0.1) is 0 Å². The SMILES string of the molecule is CC12CCC3C(CCC4=CC(=O)C=CC43O)C1CCC2OC=O. The lowest BCUT2D eigenvalue weighted by Gasteiger charge is -2.55. The van der Waals surface area contributed by atoms with Crippen molar-refractivity contribution < 1.29 is 19.4 Å². The van der Waals surface area contributed by atoms with E-state index >= 15 is 0 Å². The van der Waals surface area contributed by atoms with Crippen LogP contribution >= 0.6 is 0 Å². The highest BCUT2D eigenvalue weighted by Crippen LogP contribution is 2.62. The number of allylic oxidation sites excluding steroid dienone is 2. The van der Waals surface area contributed by atoms with Crippen LogP contribution in [0.2, 0.25) is 0 Å². The number of hydrogen-bond donors (Lipinski definition) is 1. The second-order valence-electron chi connectivity index (χ2n) is 7.99. The molecule has 3 saturated carbocycles. The third-order valence-electron chi connectivity index (χ3n) is 7.21. The average molecular weight is 316 g/mol. The van der Waals surface area contributed by atoms with Crippen LogP contribution in [-0.2, 0) is 14.3 Å². The zero-order valence-electron chi connectivity index (χ0n) is 13.5. The molecule has 0 amide bonds. The Kier molecular flexibility index (Phi) is 3.31. The normalized spacial score (nSPS) is 48.1. The summed E-state index contributed by atoms with van der Waals surface area (Å²) in [6.07, 6.45) is 10.6. The molecule has 0 spiro atoms. The molecule has 23 heavy (non-hydrogen) atoms. The molecule has 4 rings (SSSR count). The van der Waals surface area contributed by atoms with Crippen molar-refractivity contribution in [1.29, 1.82) is 0 Å². The standard InChI is InChI=1S/C19H24O4/c1-18-8-7-16-14(15(18)4-5-17(18)23-11-20)3-2-12-10-13(21)6-9-19(12,16)22/h6,9-11,14-17,22H,2-5,7-8H2,1H3. The van der Waals surface area contributed by atoms with Crippen molar-refractivity contribution in [2.45, 2.75) is 57.2 Å². The first kappa shape index (κ1) is 15.1. The Morgan fingerprint density at radius 2 is 2.09 bits per heavy atom. The molecule has 4 heteroatoms. The molecular formula is C19H24O4. The Morgan fingerprint density at radius 3 is 2.87 bits per heavy atom. The highest BCUT2D eigenvalue weighted by molar-refractivity contribution is 6.01. The van der Waals surface area contributed by atoms with Crippen molar-refractivity contribution in [3.05, 3.63) is 23.8 Å². The van der Waals surface area contributed by atoms with Gasteiger partial charge in [-0.05, 0) is 80.1 Å². The van der Waals surface area contributed by atoms with E-state index in [2.05, 4.69) is 6.92 Å². The van der Waals surface area contributed by atoms with Gasteiger partial charge in [0.25, 0.3) is 6.47 Å². The van der Waals surface area contributed by atoms with Gasteiger partial charge in [-0.3, -0.25) is 9.59 Å². The lowest BCUT2D eigenvalue weighted by molar-refractivity contribution is -0.146. The number of aliphatic hydroxyl groups is 1. The van der Waals surface area contributed by atoms with Crippen LogP contribution in [0.25, 0.3) is 0 Å². The van der Waals surface area contributed by atoms with Gasteiger partial charge in [0.2, 0.25) is 0 Å². The van der Waals surface area contributed by atoms with E-state index in [0.29, 0.717) is 18.3 Å². The Hall–Kier alpha value is -1.42. The van der Waals surface area contributed by atoms with Crippen molar-refractivity contribution in [3.63, 3.8) is 0 Å². The van der Waals surface area contributed by atoms with Gasteiger partial charge in [-0.15, -0.1) is 0 Å². The molecule has 0 radical (unpaired) electrons. The highest BCUT2D eigenvalue weighted by Gasteiger charge is 2.60. The number of ketones is 1. The molecule has 0 aromatic rings. The molecule has 124 valence electrons. The molecule has 4 aliphatic rings. The average Bonchev–Trinajstić information content (AvgIpc) is 2.85. The minimum Gasteiger partial charge on any atom is -0.464 e. The molecule has 6 atom stereocenters. The predicted octanol–water partition coefficient (Wildman–Crippen LogP) is 2.56. The van der Waals surface area contributed by atoms with Crippen LogP contribution in [0.3, 0.4) is 0 Å². The van der Waals surface area contributed by atoms with E-state index < -0.39 is 5.60 Å². The van der Waals surface area contributed by atoms with Gasteiger partial charge in [-0.1, -0.05) is 6.92 Å². The first-order chi connectivity index (χ1) is 11.0. The van der Waals surface area contributed by atoms with Crippen LogP contribution in [0, 0.1) is 23.2 Å². The van der Waals surface area contributed by atoms with Crippen LogP contribution in [0.4, 0.5) is 0 Å². The van der Waals surface area contributed by atoms with E-state index in [1.807, 2.05) is 0 Å². The van der Waals surface area contributed by atoms with E-state index in [4.69, 9.17) is 4.74 Å². The van der Waals surface area contributed by atoms with Crippen molar-refractivity contribution in [1.82, 2.24) is 0 Å². The molecule has 6 unspecified atom stereocenters. The van der Waals surface area contributed by atoms with Gasteiger partial charge < -0.3 is 9.84 Å². The van der Waals surface area contributed by atoms with Gasteiger partial charge in [-0.2, -0.15) is 0 Å².